The fourth-order valence-electron chi connectivity index (χ4n) is 2.43. The number of esters is 2. The van der Waals surface area contributed by atoms with E-state index >= 15 is 0 Å². The van der Waals surface area contributed by atoms with Crippen LogP contribution in [0.4, 0.5) is 0 Å². The Bertz CT molecular complexity index is 716. The van der Waals surface area contributed by atoms with Crippen LogP contribution in [-0.2, 0) is 24.7 Å². The number of rotatable bonds is 4. The lowest BCUT2D eigenvalue weighted by Gasteiger charge is -2.32. The Balaban J connectivity index is 2.50. The van der Waals surface area contributed by atoms with Gasteiger partial charge in [0.2, 0.25) is 0 Å². The molecule has 0 aliphatic heterocycles. The zero-order valence-electron chi connectivity index (χ0n) is 12.7. The van der Waals surface area contributed by atoms with Crippen molar-refractivity contribution in [2.45, 2.75) is 25.9 Å². The maximum absolute atomic E-state index is 11.5. The SMILES string of the molecule is CC(=O)Oc1ccccc1C1(OC(C)=O)C=CC(C(=O)O)=CC1. The van der Waals surface area contributed by atoms with Gasteiger partial charge in [-0.2, -0.15) is 0 Å². The predicted molar refractivity (Wildman–Crippen MR) is 80.7 cm³/mol. The molecule has 0 fully saturated rings. The first-order chi connectivity index (χ1) is 10.8. The van der Waals surface area contributed by atoms with Gasteiger partial charge in [0.25, 0.3) is 0 Å². The van der Waals surface area contributed by atoms with Crippen molar-refractivity contribution in [3.63, 3.8) is 0 Å². The summed E-state index contributed by atoms with van der Waals surface area (Å²) in [5, 5.41) is 9.04. The van der Waals surface area contributed by atoms with Crippen LogP contribution in [0.15, 0.2) is 48.1 Å². The number of para-hydroxylation sites is 1. The van der Waals surface area contributed by atoms with Crippen molar-refractivity contribution in [1.29, 1.82) is 0 Å². The quantitative estimate of drug-likeness (QED) is 0.677. The van der Waals surface area contributed by atoms with Gasteiger partial charge in [-0.3, -0.25) is 9.59 Å². The van der Waals surface area contributed by atoms with Crippen molar-refractivity contribution in [3.8, 4) is 5.75 Å². The number of carboxylic acid groups (broad SMARTS) is 1. The summed E-state index contributed by atoms with van der Waals surface area (Å²) < 4.78 is 10.6. The number of hydrogen-bond acceptors (Lipinski definition) is 5. The van der Waals surface area contributed by atoms with Gasteiger partial charge in [0.05, 0.1) is 5.57 Å². The van der Waals surface area contributed by atoms with Crippen molar-refractivity contribution >= 4 is 17.9 Å². The minimum Gasteiger partial charge on any atom is -0.478 e. The fourth-order valence-corrected chi connectivity index (χ4v) is 2.43. The van der Waals surface area contributed by atoms with E-state index < -0.39 is 23.5 Å². The summed E-state index contributed by atoms with van der Waals surface area (Å²) >= 11 is 0. The number of hydrogen-bond donors (Lipinski definition) is 1. The molecular formula is C17H16O6. The molecule has 1 aliphatic carbocycles. The lowest BCUT2D eigenvalue weighted by atomic mass is 9.84. The van der Waals surface area contributed by atoms with Crippen LogP contribution in [0.1, 0.15) is 25.8 Å². The molecule has 6 nitrogen and oxygen atoms in total. The average Bonchev–Trinajstić information content (AvgIpc) is 2.47. The van der Waals surface area contributed by atoms with Gasteiger partial charge in [0.1, 0.15) is 5.75 Å². The van der Waals surface area contributed by atoms with Crippen LogP contribution in [0.2, 0.25) is 0 Å². The van der Waals surface area contributed by atoms with E-state index in [9.17, 15) is 14.4 Å². The Hall–Kier alpha value is -2.89. The predicted octanol–water partition coefficient (Wildman–Crippen LogP) is 2.34. The van der Waals surface area contributed by atoms with Gasteiger partial charge in [-0.1, -0.05) is 24.3 Å². The van der Waals surface area contributed by atoms with Crippen LogP contribution < -0.4 is 4.74 Å². The van der Waals surface area contributed by atoms with E-state index in [4.69, 9.17) is 14.6 Å². The highest BCUT2D eigenvalue weighted by molar-refractivity contribution is 5.90. The maximum atomic E-state index is 11.5. The molecule has 0 saturated carbocycles. The molecule has 6 heteroatoms. The second-order valence-electron chi connectivity index (χ2n) is 5.08. The largest absolute Gasteiger partial charge is 0.478 e. The van der Waals surface area contributed by atoms with Crippen LogP contribution in [0.3, 0.4) is 0 Å². The van der Waals surface area contributed by atoms with Gasteiger partial charge in [-0.15, -0.1) is 0 Å². The summed E-state index contributed by atoms with van der Waals surface area (Å²) in [6.45, 7) is 2.54. The molecule has 0 spiro atoms. The number of carbonyl (C=O) groups is 3. The minimum absolute atomic E-state index is 0.109. The number of benzene rings is 1. The Morgan fingerprint density at radius 3 is 2.35 bits per heavy atom. The van der Waals surface area contributed by atoms with E-state index in [0.717, 1.165) is 0 Å². The van der Waals surface area contributed by atoms with Crippen LogP contribution >= 0.6 is 0 Å². The molecule has 1 unspecified atom stereocenters. The molecule has 0 heterocycles. The Morgan fingerprint density at radius 1 is 1.13 bits per heavy atom. The van der Waals surface area contributed by atoms with Crippen molar-refractivity contribution in [2.24, 2.45) is 0 Å². The molecule has 0 radical (unpaired) electrons. The van der Waals surface area contributed by atoms with Crippen molar-refractivity contribution in [2.75, 3.05) is 0 Å². The van der Waals surface area contributed by atoms with Gasteiger partial charge >= 0.3 is 17.9 Å². The third-order valence-corrected chi connectivity index (χ3v) is 3.33. The Kier molecular flexibility index (Phi) is 4.64. The molecule has 1 atom stereocenters. The van der Waals surface area contributed by atoms with E-state index in [0.29, 0.717) is 5.56 Å². The van der Waals surface area contributed by atoms with E-state index in [1.54, 1.807) is 24.3 Å². The van der Waals surface area contributed by atoms with Crippen molar-refractivity contribution in [1.82, 2.24) is 0 Å². The Labute approximate surface area is 133 Å². The monoisotopic (exact) mass is 316 g/mol. The summed E-state index contributed by atoms with van der Waals surface area (Å²) in [5.74, 6) is -1.83. The number of aliphatic carboxylic acids is 1. The van der Waals surface area contributed by atoms with Crippen LogP contribution in [-0.4, -0.2) is 23.0 Å². The normalized spacial score (nSPS) is 19.7. The molecule has 2 rings (SSSR count). The number of carboxylic acids is 1. The van der Waals surface area contributed by atoms with Gasteiger partial charge in [-0.25, -0.2) is 4.79 Å². The first kappa shape index (κ1) is 16.5. The van der Waals surface area contributed by atoms with Crippen LogP contribution in [0.25, 0.3) is 0 Å². The zero-order chi connectivity index (χ0) is 17.0. The van der Waals surface area contributed by atoms with E-state index in [1.165, 1.54) is 32.1 Å². The second-order valence-corrected chi connectivity index (χ2v) is 5.08. The molecule has 120 valence electrons. The summed E-state index contributed by atoms with van der Waals surface area (Å²) in [5.41, 5.74) is -0.628. The molecule has 0 amide bonds. The molecule has 0 aromatic heterocycles. The number of ether oxygens (including phenoxy) is 2. The second kappa shape index (κ2) is 6.48. The van der Waals surface area contributed by atoms with E-state index in [1.807, 2.05) is 0 Å². The molecule has 1 aliphatic rings. The molecule has 1 aromatic rings. The lowest BCUT2D eigenvalue weighted by molar-refractivity contribution is -0.153. The zero-order valence-corrected chi connectivity index (χ0v) is 12.7. The first-order valence-corrected chi connectivity index (χ1v) is 6.94. The van der Waals surface area contributed by atoms with Gasteiger partial charge in [-0.05, 0) is 18.2 Å². The first-order valence-electron chi connectivity index (χ1n) is 6.94. The average molecular weight is 316 g/mol. The number of carbonyl (C=O) groups excluding carboxylic acids is 2. The molecule has 0 bridgehead atoms. The molecule has 1 aromatic carbocycles. The highest BCUT2D eigenvalue weighted by Gasteiger charge is 2.37. The summed E-state index contributed by atoms with van der Waals surface area (Å²) in [6, 6.07) is 6.67. The third-order valence-electron chi connectivity index (χ3n) is 3.33. The fraction of sp³-hybridized carbons (Fsp3) is 0.235. The molecular weight excluding hydrogens is 300 g/mol. The van der Waals surface area contributed by atoms with E-state index in [-0.39, 0.29) is 17.7 Å². The molecule has 0 saturated heterocycles. The van der Waals surface area contributed by atoms with Gasteiger partial charge < -0.3 is 14.6 Å². The van der Waals surface area contributed by atoms with Gasteiger partial charge in [0.15, 0.2) is 5.60 Å². The molecule has 1 N–H and O–H groups in total. The highest BCUT2D eigenvalue weighted by atomic mass is 16.6. The third kappa shape index (κ3) is 3.66. The van der Waals surface area contributed by atoms with E-state index in [2.05, 4.69) is 0 Å². The van der Waals surface area contributed by atoms with Crippen LogP contribution in [0, 0.1) is 0 Å². The summed E-state index contributed by atoms with van der Waals surface area (Å²) in [7, 11) is 0. The topological polar surface area (TPSA) is 89.9 Å². The van der Waals surface area contributed by atoms with Crippen LogP contribution in [0.5, 0.6) is 5.75 Å². The molecule has 23 heavy (non-hydrogen) atoms. The Morgan fingerprint density at radius 2 is 1.83 bits per heavy atom. The maximum Gasteiger partial charge on any atom is 0.335 e. The minimum atomic E-state index is -1.21. The smallest absolute Gasteiger partial charge is 0.335 e. The highest BCUT2D eigenvalue weighted by Crippen LogP contribution is 2.40. The van der Waals surface area contributed by atoms with Crippen molar-refractivity contribution < 1.29 is 29.0 Å². The van der Waals surface area contributed by atoms with Crippen molar-refractivity contribution in [3.05, 3.63) is 53.6 Å². The lowest BCUT2D eigenvalue weighted by Crippen LogP contribution is -2.32. The standard InChI is InChI=1S/C17H16O6/c1-11(18)22-15-6-4-3-5-14(15)17(23-12(2)19)9-7-13(8-10-17)16(20)21/h3-9H,10H2,1-2H3,(H,20,21). The summed E-state index contributed by atoms with van der Waals surface area (Å²) in [6.07, 6.45) is 4.47. The van der Waals surface area contributed by atoms with Gasteiger partial charge in [0, 0.05) is 25.8 Å². The summed E-state index contributed by atoms with van der Waals surface area (Å²) in [4.78, 5) is 33.9.